The quantitative estimate of drug-likeness (QED) is 0.458. The minimum absolute atomic E-state index is 0.0907. The number of aliphatic carboxylic acids is 1. The van der Waals surface area contributed by atoms with E-state index < -0.39 is 22.8 Å². The number of ether oxygens (including phenoxy) is 1. The number of hydrogen-bond donors (Lipinski definition) is 1. The highest BCUT2D eigenvalue weighted by Gasteiger charge is 2.34. The average Bonchev–Trinajstić information content (AvgIpc) is 2.46. The van der Waals surface area contributed by atoms with Gasteiger partial charge in [-0.1, -0.05) is 0 Å². The number of morpholine rings is 1. The lowest BCUT2D eigenvalue weighted by Gasteiger charge is -2.33. The normalized spacial score (nSPS) is 18.3. The van der Waals surface area contributed by atoms with Crippen LogP contribution in [-0.4, -0.2) is 52.6 Å². The van der Waals surface area contributed by atoms with Gasteiger partial charge in [0.1, 0.15) is 0 Å². The number of carbonyl (C=O) groups excluding carboxylic acids is 1. The second kappa shape index (κ2) is 6.35. The predicted molar refractivity (Wildman–Crippen MR) is 79.1 cm³/mol. The molecule has 0 spiro atoms. The third-order valence-electron chi connectivity index (χ3n) is 3.07. The summed E-state index contributed by atoms with van der Waals surface area (Å²) in [6.45, 7) is 0.280. The van der Waals surface area contributed by atoms with E-state index in [0.717, 1.165) is 0 Å². The first kappa shape index (κ1) is 15.6. The van der Waals surface area contributed by atoms with Crippen LogP contribution in [0.4, 0.5) is 5.69 Å². The smallest absolute Gasteiger partial charge is 0.328 e. The summed E-state index contributed by atoms with van der Waals surface area (Å²) in [4.78, 5) is 35.0. The van der Waals surface area contributed by atoms with Crippen molar-refractivity contribution in [3.8, 4) is 0 Å². The topological polar surface area (TPSA) is 110 Å². The standard InChI is InChI=1S/C12H11IN2O6/c13-9-2-1-7(15(19)20)5-8(9)11(16)14-3-4-21-6-10(14)12(17)18/h1-2,5,10H,3-4,6H2,(H,17,18). The van der Waals surface area contributed by atoms with Gasteiger partial charge >= 0.3 is 5.97 Å². The maximum absolute atomic E-state index is 12.5. The molecule has 1 aliphatic rings. The van der Waals surface area contributed by atoms with Crippen molar-refractivity contribution < 1.29 is 24.4 Å². The van der Waals surface area contributed by atoms with Gasteiger partial charge in [-0.05, 0) is 28.7 Å². The summed E-state index contributed by atoms with van der Waals surface area (Å²) >= 11 is 1.89. The van der Waals surface area contributed by atoms with Crippen LogP contribution < -0.4 is 0 Å². The van der Waals surface area contributed by atoms with E-state index in [1.165, 1.54) is 23.1 Å². The van der Waals surface area contributed by atoms with Crippen LogP contribution >= 0.6 is 22.6 Å². The second-order valence-corrected chi connectivity index (χ2v) is 5.51. The van der Waals surface area contributed by atoms with Gasteiger partial charge in [0.25, 0.3) is 11.6 Å². The molecule has 112 valence electrons. The van der Waals surface area contributed by atoms with Crippen molar-refractivity contribution in [3.63, 3.8) is 0 Å². The summed E-state index contributed by atoms with van der Waals surface area (Å²) in [6.07, 6.45) is 0. The Morgan fingerprint density at radius 3 is 2.81 bits per heavy atom. The van der Waals surface area contributed by atoms with E-state index in [4.69, 9.17) is 9.84 Å². The van der Waals surface area contributed by atoms with Crippen LogP contribution in [0.1, 0.15) is 10.4 Å². The maximum Gasteiger partial charge on any atom is 0.328 e. The molecule has 21 heavy (non-hydrogen) atoms. The Labute approximate surface area is 133 Å². The van der Waals surface area contributed by atoms with E-state index in [0.29, 0.717) is 3.57 Å². The fraction of sp³-hybridized carbons (Fsp3) is 0.333. The fourth-order valence-electron chi connectivity index (χ4n) is 2.00. The molecule has 1 N–H and O–H groups in total. The largest absolute Gasteiger partial charge is 0.480 e. The monoisotopic (exact) mass is 406 g/mol. The molecule has 0 radical (unpaired) electrons. The van der Waals surface area contributed by atoms with Crippen molar-refractivity contribution >= 4 is 40.2 Å². The third kappa shape index (κ3) is 3.29. The lowest BCUT2D eigenvalue weighted by Crippen LogP contribution is -2.52. The minimum atomic E-state index is -1.16. The highest BCUT2D eigenvalue weighted by atomic mass is 127. The van der Waals surface area contributed by atoms with Crippen LogP contribution in [0.2, 0.25) is 0 Å². The summed E-state index contributed by atoms with van der Waals surface area (Å²) in [5, 5.41) is 19.9. The first-order valence-electron chi connectivity index (χ1n) is 5.97. The Bertz CT molecular complexity index is 605. The van der Waals surface area contributed by atoms with E-state index in [1.807, 2.05) is 22.6 Å². The number of carboxylic acids is 1. The molecule has 1 aromatic carbocycles. The fourth-order valence-corrected chi connectivity index (χ4v) is 2.56. The van der Waals surface area contributed by atoms with E-state index in [9.17, 15) is 19.7 Å². The number of hydrogen-bond acceptors (Lipinski definition) is 5. The van der Waals surface area contributed by atoms with E-state index >= 15 is 0 Å². The number of amides is 1. The molecule has 0 aliphatic carbocycles. The molecule has 9 heteroatoms. The molecule has 8 nitrogen and oxygen atoms in total. The molecule has 1 heterocycles. The van der Waals surface area contributed by atoms with Crippen molar-refractivity contribution in [2.24, 2.45) is 0 Å². The molecule has 0 aromatic heterocycles. The second-order valence-electron chi connectivity index (χ2n) is 4.35. The lowest BCUT2D eigenvalue weighted by molar-refractivity contribution is -0.384. The summed E-state index contributed by atoms with van der Waals surface area (Å²) < 4.78 is 5.59. The zero-order chi connectivity index (χ0) is 15.6. The molecule has 1 atom stereocenters. The summed E-state index contributed by atoms with van der Waals surface area (Å²) in [5.41, 5.74) is -0.0862. The number of halogens is 1. The molecule has 1 saturated heterocycles. The van der Waals surface area contributed by atoms with E-state index in [-0.39, 0.29) is 31.0 Å². The number of carboxylic acid groups (broad SMARTS) is 1. The Hall–Kier alpha value is -1.75. The number of nitrogens with zero attached hydrogens (tertiary/aromatic N) is 2. The molecule has 2 rings (SSSR count). The zero-order valence-electron chi connectivity index (χ0n) is 10.7. The predicted octanol–water partition coefficient (Wildman–Crippen LogP) is 1.12. The van der Waals surface area contributed by atoms with Gasteiger partial charge in [0.05, 0.1) is 23.7 Å². The third-order valence-corrected chi connectivity index (χ3v) is 4.01. The van der Waals surface area contributed by atoms with Crippen molar-refractivity contribution in [3.05, 3.63) is 37.4 Å². The van der Waals surface area contributed by atoms with Gasteiger partial charge in [-0.3, -0.25) is 14.9 Å². The van der Waals surface area contributed by atoms with Crippen molar-refractivity contribution in [2.45, 2.75) is 6.04 Å². The number of nitro benzene ring substituents is 1. The van der Waals surface area contributed by atoms with Gasteiger partial charge in [-0.15, -0.1) is 0 Å². The van der Waals surface area contributed by atoms with Crippen molar-refractivity contribution in [1.29, 1.82) is 0 Å². The van der Waals surface area contributed by atoms with Gasteiger partial charge < -0.3 is 14.7 Å². The molecule has 1 amide bonds. The molecule has 1 unspecified atom stereocenters. The van der Waals surface area contributed by atoms with Crippen molar-refractivity contribution in [2.75, 3.05) is 19.8 Å². The Morgan fingerprint density at radius 1 is 1.48 bits per heavy atom. The minimum Gasteiger partial charge on any atom is -0.480 e. The van der Waals surface area contributed by atoms with Crippen LogP contribution in [0, 0.1) is 13.7 Å². The average molecular weight is 406 g/mol. The van der Waals surface area contributed by atoms with Crippen LogP contribution in [0.5, 0.6) is 0 Å². The first-order chi connectivity index (χ1) is 9.91. The van der Waals surface area contributed by atoms with Gasteiger partial charge in [-0.25, -0.2) is 4.79 Å². The summed E-state index contributed by atoms with van der Waals surface area (Å²) in [6, 6.07) is 2.84. The first-order valence-corrected chi connectivity index (χ1v) is 7.05. The van der Waals surface area contributed by atoms with Crippen LogP contribution in [0.3, 0.4) is 0 Å². The highest BCUT2D eigenvalue weighted by molar-refractivity contribution is 14.1. The molecule has 1 aromatic rings. The summed E-state index contributed by atoms with van der Waals surface area (Å²) in [7, 11) is 0. The van der Waals surface area contributed by atoms with Gasteiger partial charge in [-0.2, -0.15) is 0 Å². The zero-order valence-corrected chi connectivity index (χ0v) is 12.8. The number of carbonyl (C=O) groups is 2. The van der Waals surface area contributed by atoms with Crippen LogP contribution in [-0.2, 0) is 9.53 Å². The van der Waals surface area contributed by atoms with E-state index in [1.54, 1.807) is 0 Å². The van der Waals surface area contributed by atoms with Crippen LogP contribution in [0.15, 0.2) is 18.2 Å². The molecule has 0 bridgehead atoms. The van der Waals surface area contributed by atoms with Crippen molar-refractivity contribution in [1.82, 2.24) is 4.90 Å². The maximum atomic E-state index is 12.5. The number of benzene rings is 1. The molecule has 0 saturated carbocycles. The number of rotatable bonds is 3. The Balaban J connectivity index is 2.36. The van der Waals surface area contributed by atoms with E-state index in [2.05, 4.69) is 0 Å². The molecule has 1 fully saturated rings. The number of nitro groups is 1. The Morgan fingerprint density at radius 2 is 2.19 bits per heavy atom. The van der Waals surface area contributed by atoms with Gasteiger partial charge in [0.15, 0.2) is 6.04 Å². The lowest BCUT2D eigenvalue weighted by atomic mass is 10.1. The molecular formula is C12H11IN2O6. The van der Waals surface area contributed by atoms with Gasteiger partial charge in [0.2, 0.25) is 0 Å². The molecular weight excluding hydrogens is 395 g/mol. The number of non-ortho nitro benzene ring substituents is 1. The van der Waals surface area contributed by atoms with Gasteiger partial charge in [0, 0.05) is 22.2 Å². The Kier molecular flexibility index (Phi) is 4.73. The summed E-state index contributed by atoms with van der Waals surface area (Å²) in [5.74, 6) is -1.71. The highest BCUT2D eigenvalue weighted by Crippen LogP contribution is 2.22. The molecule has 1 aliphatic heterocycles. The van der Waals surface area contributed by atoms with Crippen LogP contribution in [0.25, 0.3) is 0 Å². The SMILES string of the molecule is O=C(O)C1COCCN1C(=O)c1cc([N+](=O)[O-])ccc1I.